The number of hydrogen-bond acceptors (Lipinski definition) is 3. The molecule has 0 aliphatic carbocycles. The van der Waals surface area contributed by atoms with Crippen molar-refractivity contribution in [3.05, 3.63) is 12.5 Å². The van der Waals surface area contributed by atoms with E-state index in [-0.39, 0.29) is 5.97 Å². The molecular formula is C7H13NO2. The van der Waals surface area contributed by atoms with Gasteiger partial charge in [0.15, 0.2) is 5.88 Å². The van der Waals surface area contributed by atoms with Crippen molar-refractivity contribution in [1.29, 1.82) is 0 Å². The van der Waals surface area contributed by atoms with Gasteiger partial charge in [0.1, 0.15) is 0 Å². The second-order valence-electron chi connectivity index (χ2n) is 2.12. The van der Waals surface area contributed by atoms with E-state index >= 15 is 0 Å². The van der Waals surface area contributed by atoms with Gasteiger partial charge in [-0.1, -0.05) is 6.92 Å². The van der Waals surface area contributed by atoms with Crippen LogP contribution in [0.5, 0.6) is 0 Å². The molecule has 0 aliphatic heterocycles. The fraction of sp³-hybridized carbons (Fsp3) is 0.571. The van der Waals surface area contributed by atoms with Crippen LogP contribution >= 0.6 is 0 Å². The SMILES string of the molecule is C=C(OC(=O)CC)N(C)C. The third-order valence-electron chi connectivity index (χ3n) is 1.02. The minimum atomic E-state index is -0.251. The largest absolute Gasteiger partial charge is 0.410 e. The molecule has 0 rings (SSSR count). The molecule has 0 aromatic heterocycles. The van der Waals surface area contributed by atoms with Crippen molar-refractivity contribution in [2.45, 2.75) is 13.3 Å². The van der Waals surface area contributed by atoms with Crippen LogP contribution in [0.15, 0.2) is 12.5 Å². The van der Waals surface area contributed by atoms with Crippen molar-refractivity contribution in [1.82, 2.24) is 4.90 Å². The van der Waals surface area contributed by atoms with Crippen LogP contribution in [0.3, 0.4) is 0 Å². The molecule has 0 aromatic carbocycles. The molecule has 0 N–H and O–H groups in total. The van der Waals surface area contributed by atoms with Crippen molar-refractivity contribution in [3.63, 3.8) is 0 Å². The van der Waals surface area contributed by atoms with Crippen LogP contribution in [0.25, 0.3) is 0 Å². The van der Waals surface area contributed by atoms with Gasteiger partial charge < -0.3 is 9.64 Å². The first-order valence-corrected chi connectivity index (χ1v) is 3.14. The Labute approximate surface area is 61.3 Å². The van der Waals surface area contributed by atoms with Gasteiger partial charge in [0, 0.05) is 20.5 Å². The number of esters is 1. The van der Waals surface area contributed by atoms with Gasteiger partial charge in [0.05, 0.1) is 0 Å². The van der Waals surface area contributed by atoms with Crippen LogP contribution in [0.1, 0.15) is 13.3 Å². The summed E-state index contributed by atoms with van der Waals surface area (Å²) in [4.78, 5) is 12.3. The molecule has 3 nitrogen and oxygen atoms in total. The van der Waals surface area contributed by atoms with Crippen LogP contribution in [0.4, 0.5) is 0 Å². The van der Waals surface area contributed by atoms with Crippen LogP contribution in [-0.4, -0.2) is 25.0 Å². The zero-order chi connectivity index (χ0) is 8.15. The number of carbonyl (C=O) groups is 1. The zero-order valence-electron chi connectivity index (χ0n) is 6.68. The predicted octanol–water partition coefficient (Wildman–Crippen LogP) is 0.972. The van der Waals surface area contributed by atoms with E-state index in [9.17, 15) is 4.79 Å². The highest BCUT2D eigenvalue weighted by Crippen LogP contribution is 1.98. The average Bonchev–Trinajstić information content (AvgIpc) is 1.87. The molecule has 0 spiro atoms. The first kappa shape index (κ1) is 9.01. The molecule has 0 unspecified atom stereocenters. The Hall–Kier alpha value is -0.990. The molecule has 0 saturated heterocycles. The van der Waals surface area contributed by atoms with Crippen LogP contribution in [-0.2, 0) is 9.53 Å². The van der Waals surface area contributed by atoms with Gasteiger partial charge in [0.25, 0.3) is 0 Å². The predicted molar refractivity (Wildman–Crippen MR) is 39.2 cm³/mol. The summed E-state index contributed by atoms with van der Waals surface area (Å²) in [7, 11) is 3.54. The van der Waals surface area contributed by atoms with Gasteiger partial charge in [-0.05, 0) is 6.58 Å². The van der Waals surface area contributed by atoms with E-state index in [4.69, 9.17) is 4.74 Å². The van der Waals surface area contributed by atoms with E-state index in [0.717, 1.165) is 0 Å². The Morgan fingerprint density at radius 3 is 2.40 bits per heavy atom. The number of carbonyl (C=O) groups excluding carboxylic acids is 1. The Morgan fingerprint density at radius 1 is 1.60 bits per heavy atom. The Bertz CT molecular complexity index is 141. The second-order valence-corrected chi connectivity index (χ2v) is 2.12. The molecule has 0 bridgehead atoms. The zero-order valence-corrected chi connectivity index (χ0v) is 6.68. The standard InChI is InChI=1S/C7H13NO2/c1-5-7(9)10-6(2)8(3)4/h2,5H2,1,3-4H3. The molecule has 58 valence electrons. The molecular weight excluding hydrogens is 130 g/mol. The first-order chi connectivity index (χ1) is 4.57. The summed E-state index contributed by atoms with van der Waals surface area (Å²) in [6.45, 7) is 5.27. The molecule has 0 aliphatic rings. The summed E-state index contributed by atoms with van der Waals surface area (Å²) in [6, 6.07) is 0. The molecule has 0 saturated carbocycles. The smallest absolute Gasteiger partial charge is 0.312 e. The van der Waals surface area contributed by atoms with Crippen molar-refractivity contribution in [2.75, 3.05) is 14.1 Å². The van der Waals surface area contributed by atoms with E-state index in [2.05, 4.69) is 6.58 Å². The molecule has 10 heavy (non-hydrogen) atoms. The summed E-state index contributed by atoms with van der Waals surface area (Å²) in [6.07, 6.45) is 0.382. The molecule has 3 heteroatoms. The quantitative estimate of drug-likeness (QED) is 0.435. The maximum absolute atomic E-state index is 10.6. The van der Waals surface area contributed by atoms with Gasteiger partial charge in [-0.2, -0.15) is 0 Å². The van der Waals surface area contributed by atoms with Crippen LogP contribution in [0.2, 0.25) is 0 Å². The van der Waals surface area contributed by atoms with Crippen LogP contribution in [0, 0.1) is 0 Å². The van der Waals surface area contributed by atoms with Crippen molar-refractivity contribution < 1.29 is 9.53 Å². The summed E-state index contributed by atoms with van der Waals surface area (Å²) in [5.74, 6) is 0.130. The summed E-state index contributed by atoms with van der Waals surface area (Å²) >= 11 is 0. The Balaban J connectivity index is 3.69. The Morgan fingerprint density at radius 2 is 2.10 bits per heavy atom. The van der Waals surface area contributed by atoms with Gasteiger partial charge in [0.2, 0.25) is 0 Å². The lowest BCUT2D eigenvalue weighted by molar-refractivity contribution is -0.141. The highest BCUT2D eigenvalue weighted by molar-refractivity contribution is 5.69. The normalized spacial score (nSPS) is 8.70. The maximum Gasteiger partial charge on any atom is 0.312 e. The van der Waals surface area contributed by atoms with Crippen molar-refractivity contribution >= 4 is 5.97 Å². The van der Waals surface area contributed by atoms with Gasteiger partial charge in [-0.25, -0.2) is 0 Å². The van der Waals surface area contributed by atoms with E-state index in [1.165, 1.54) is 0 Å². The van der Waals surface area contributed by atoms with Crippen molar-refractivity contribution in [3.8, 4) is 0 Å². The van der Waals surface area contributed by atoms with E-state index in [1.54, 1.807) is 25.9 Å². The van der Waals surface area contributed by atoms with E-state index in [0.29, 0.717) is 12.3 Å². The number of ether oxygens (including phenoxy) is 1. The van der Waals surface area contributed by atoms with Gasteiger partial charge >= 0.3 is 5.97 Å². The summed E-state index contributed by atoms with van der Waals surface area (Å²) in [5, 5.41) is 0. The third-order valence-corrected chi connectivity index (χ3v) is 1.02. The molecule has 0 atom stereocenters. The number of hydrogen-bond donors (Lipinski definition) is 0. The minimum absolute atomic E-state index is 0.251. The molecule has 0 aromatic rings. The van der Waals surface area contributed by atoms with E-state index < -0.39 is 0 Å². The minimum Gasteiger partial charge on any atom is -0.410 e. The summed E-state index contributed by atoms with van der Waals surface area (Å²) < 4.78 is 4.75. The molecule has 0 fully saturated rings. The molecule has 0 heterocycles. The lowest BCUT2D eigenvalue weighted by Gasteiger charge is -2.13. The highest BCUT2D eigenvalue weighted by atomic mass is 16.5. The third kappa shape index (κ3) is 3.12. The van der Waals surface area contributed by atoms with E-state index in [1.807, 2.05) is 0 Å². The topological polar surface area (TPSA) is 29.5 Å². The lowest BCUT2D eigenvalue weighted by atomic mass is 10.5. The van der Waals surface area contributed by atoms with Gasteiger partial charge in [-0.3, -0.25) is 4.79 Å². The lowest BCUT2D eigenvalue weighted by Crippen LogP contribution is -2.15. The molecule has 0 radical (unpaired) electrons. The maximum atomic E-state index is 10.6. The fourth-order valence-corrected chi connectivity index (χ4v) is 0.295. The van der Waals surface area contributed by atoms with Gasteiger partial charge in [-0.15, -0.1) is 0 Å². The van der Waals surface area contributed by atoms with Crippen molar-refractivity contribution in [2.24, 2.45) is 0 Å². The number of nitrogens with zero attached hydrogens (tertiary/aromatic N) is 1. The fourth-order valence-electron chi connectivity index (χ4n) is 0.295. The second kappa shape index (κ2) is 3.93. The molecule has 0 amide bonds. The number of rotatable bonds is 3. The Kier molecular flexibility index (Phi) is 3.54. The highest BCUT2D eigenvalue weighted by Gasteiger charge is 2.02. The first-order valence-electron chi connectivity index (χ1n) is 3.14. The summed E-state index contributed by atoms with van der Waals surface area (Å²) in [5.41, 5.74) is 0. The average molecular weight is 143 g/mol. The monoisotopic (exact) mass is 143 g/mol. The van der Waals surface area contributed by atoms with Crippen LogP contribution < -0.4 is 0 Å².